The molecular weight excluding hydrogens is 356 g/mol. The average Bonchev–Trinajstić information content (AvgIpc) is 2.66. The van der Waals surface area contributed by atoms with E-state index in [1.807, 2.05) is 12.1 Å². The lowest BCUT2D eigenvalue weighted by molar-refractivity contribution is 0.0600. The van der Waals surface area contributed by atoms with Crippen LogP contribution in [-0.4, -0.2) is 23.0 Å². The fourth-order valence-electron chi connectivity index (χ4n) is 2.14. The Morgan fingerprint density at radius 3 is 2.54 bits per heavy atom. The lowest BCUT2D eigenvalue weighted by Gasteiger charge is -2.12. The molecule has 3 N–H and O–H groups in total. The molecular formula is C18H15ClN4O3. The monoisotopic (exact) mass is 370 g/mol. The summed E-state index contributed by atoms with van der Waals surface area (Å²) in [5, 5.41) is 3.58. The minimum atomic E-state index is -0.427. The van der Waals surface area contributed by atoms with Crippen molar-refractivity contribution in [3.63, 3.8) is 0 Å². The maximum atomic E-state index is 11.5. The molecule has 0 aliphatic heterocycles. The normalized spacial score (nSPS) is 10.2. The first-order valence-corrected chi connectivity index (χ1v) is 7.94. The number of para-hydroxylation sites is 1. The number of hydrogen-bond acceptors (Lipinski definition) is 7. The van der Waals surface area contributed by atoms with Crippen LogP contribution in [-0.2, 0) is 4.74 Å². The van der Waals surface area contributed by atoms with E-state index in [1.165, 1.54) is 13.4 Å². The second-order valence-electron chi connectivity index (χ2n) is 5.16. The molecule has 0 radical (unpaired) electrons. The third-order valence-electron chi connectivity index (χ3n) is 3.46. The number of methoxy groups -OCH3 is 1. The fraction of sp³-hybridized carbons (Fsp3) is 0.0556. The molecule has 0 amide bonds. The quantitative estimate of drug-likeness (QED) is 0.654. The molecule has 0 atom stereocenters. The summed E-state index contributed by atoms with van der Waals surface area (Å²) in [5.74, 6) is 0.589. The molecule has 0 aliphatic carbocycles. The number of carbonyl (C=O) groups excluding carboxylic acids is 1. The molecule has 0 aliphatic rings. The summed E-state index contributed by atoms with van der Waals surface area (Å²) in [6.45, 7) is 0. The lowest BCUT2D eigenvalue weighted by atomic mass is 10.2. The van der Waals surface area contributed by atoms with Crippen LogP contribution in [0.3, 0.4) is 0 Å². The second-order valence-corrected chi connectivity index (χ2v) is 5.57. The van der Waals surface area contributed by atoms with Gasteiger partial charge in [-0.2, -0.15) is 4.98 Å². The van der Waals surface area contributed by atoms with Gasteiger partial charge in [-0.3, -0.25) is 0 Å². The number of esters is 1. The molecule has 0 spiro atoms. The number of carbonyl (C=O) groups is 1. The van der Waals surface area contributed by atoms with Crippen LogP contribution in [0.2, 0.25) is 5.02 Å². The lowest BCUT2D eigenvalue weighted by Crippen LogP contribution is -2.04. The number of ether oxygens (including phenoxy) is 2. The molecule has 0 saturated heterocycles. The first kappa shape index (κ1) is 17.5. The minimum absolute atomic E-state index is 0.181. The maximum absolute atomic E-state index is 11.5. The molecule has 0 bridgehead atoms. The van der Waals surface area contributed by atoms with Gasteiger partial charge in [-0.05, 0) is 36.4 Å². The van der Waals surface area contributed by atoms with Crippen molar-refractivity contribution in [2.75, 3.05) is 18.2 Å². The topological polar surface area (TPSA) is 99.4 Å². The number of nitrogens with zero attached hydrogens (tertiary/aromatic N) is 2. The number of nitrogens with two attached hydrogens (primary N) is 1. The van der Waals surface area contributed by atoms with E-state index in [4.69, 9.17) is 22.1 Å². The van der Waals surface area contributed by atoms with Crippen LogP contribution in [0.1, 0.15) is 10.4 Å². The van der Waals surface area contributed by atoms with E-state index in [-0.39, 0.29) is 11.6 Å². The molecule has 8 heteroatoms. The summed E-state index contributed by atoms with van der Waals surface area (Å²) in [5.41, 5.74) is 7.40. The van der Waals surface area contributed by atoms with Crippen molar-refractivity contribution in [1.82, 2.24) is 9.97 Å². The van der Waals surface area contributed by atoms with Crippen LogP contribution < -0.4 is 15.8 Å². The number of anilines is 3. The fourth-order valence-corrected chi connectivity index (χ4v) is 2.32. The SMILES string of the molecule is COC(=O)c1ccc(Oc2ncnc(Nc3ccccc3Cl)c2N)cc1. The first-order chi connectivity index (χ1) is 12.6. The van der Waals surface area contributed by atoms with E-state index in [1.54, 1.807) is 36.4 Å². The van der Waals surface area contributed by atoms with E-state index in [9.17, 15) is 4.79 Å². The van der Waals surface area contributed by atoms with Gasteiger partial charge in [-0.15, -0.1) is 0 Å². The summed E-state index contributed by atoms with van der Waals surface area (Å²) in [4.78, 5) is 19.6. The summed E-state index contributed by atoms with van der Waals surface area (Å²) in [7, 11) is 1.32. The number of halogens is 1. The number of nitrogens with one attached hydrogen (secondary N) is 1. The van der Waals surface area contributed by atoms with Crippen molar-refractivity contribution in [3.8, 4) is 11.6 Å². The summed E-state index contributed by atoms with van der Waals surface area (Å²) < 4.78 is 10.3. The highest BCUT2D eigenvalue weighted by Crippen LogP contribution is 2.32. The molecule has 0 unspecified atom stereocenters. The van der Waals surface area contributed by atoms with Crippen LogP contribution in [0.5, 0.6) is 11.6 Å². The van der Waals surface area contributed by atoms with Crippen LogP contribution in [0, 0.1) is 0 Å². The Labute approximate surface area is 154 Å². The average molecular weight is 371 g/mol. The van der Waals surface area contributed by atoms with Crippen molar-refractivity contribution in [2.45, 2.75) is 0 Å². The molecule has 3 rings (SSSR count). The Kier molecular flexibility index (Phi) is 5.19. The third-order valence-corrected chi connectivity index (χ3v) is 3.79. The molecule has 0 fully saturated rings. The number of nitrogen functional groups attached to an aromatic ring is 1. The van der Waals surface area contributed by atoms with Crippen LogP contribution in [0.25, 0.3) is 0 Å². The molecule has 1 heterocycles. The van der Waals surface area contributed by atoms with E-state index < -0.39 is 5.97 Å². The zero-order valence-electron chi connectivity index (χ0n) is 13.8. The highest BCUT2D eigenvalue weighted by atomic mass is 35.5. The number of hydrogen-bond donors (Lipinski definition) is 2. The Morgan fingerprint density at radius 2 is 1.85 bits per heavy atom. The van der Waals surface area contributed by atoms with Gasteiger partial charge < -0.3 is 20.5 Å². The van der Waals surface area contributed by atoms with E-state index in [0.717, 1.165) is 0 Å². The standard InChI is InChI=1S/C18H15ClN4O3/c1-25-18(24)11-6-8-12(9-7-11)26-17-15(20)16(21-10-22-17)23-14-5-3-2-4-13(14)19/h2-10H,20H2,1H3,(H,21,22,23). The predicted octanol–water partition coefficient (Wildman–Crippen LogP) is 4.03. The van der Waals surface area contributed by atoms with Gasteiger partial charge >= 0.3 is 5.97 Å². The molecule has 0 saturated carbocycles. The minimum Gasteiger partial charge on any atom is -0.465 e. The molecule has 26 heavy (non-hydrogen) atoms. The van der Waals surface area contributed by atoms with Gasteiger partial charge in [0.2, 0.25) is 5.88 Å². The van der Waals surface area contributed by atoms with Crippen molar-refractivity contribution < 1.29 is 14.3 Å². The highest BCUT2D eigenvalue weighted by Gasteiger charge is 2.12. The van der Waals surface area contributed by atoms with Crippen LogP contribution >= 0.6 is 11.6 Å². The van der Waals surface area contributed by atoms with Crippen molar-refractivity contribution in [2.24, 2.45) is 0 Å². The van der Waals surface area contributed by atoms with Crippen molar-refractivity contribution in [1.29, 1.82) is 0 Å². The van der Waals surface area contributed by atoms with Gasteiger partial charge in [-0.25, -0.2) is 9.78 Å². The molecule has 1 aromatic heterocycles. The smallest absolute Gasteiger partial charge is 0.337 e. The van der Waals surface area contributed by atoms with Gasteiger partial charge in [-0.1, -0.05) is 23.7 Å². The van der Waals surface area contributed by atoms with Gasteiger partial charge in [0.15, 0.2) is 5.82 Å². The Morgan fingerprint density at radius 1 is 1.12 bits per heavy atom. The van der Waals surface area contributed by atoms with Crippen LogP contribution in [0.4, 0.5) is 17.2 Å². The number of aromatic nitrogens is 2. The van der Waals surface area contributed by atoms with Gasteiger partial charge in [0.25, 0.3) is 0 Å². The number of benzene rings is 2. The predicted molar refractivity (Wildman–Crippen MR) is 99.0 cm³/mol. The molecule has 2 aromatic carbocycles. The maximum Gasteiger partial charge on any atom is 0.337 e. The molecule has 3 aromatic rings. The van der Waals surface area contributed by atoms with E-state index >= 15 is 0 Å². The number of rotatable bonds is 5. The van der Waals surface area contributed by atoms with E-state index in [0.29, 0.717) is 27.8 Å². The first-order valence-electron chi connectivity index (χ1n) is 7.56. The Bertz CT molecular complexity index is 932. The van der Waals surface area contributed by atoms with Crippen molar-refractivity contribution in [3.05, 3.63) is 65.4 Å². The van der Waals surface area contributed by atoms with Gasteiger partial charge in [0, 0.05) is 0 Å². The van der Waals surface area contributed by atoms with E-state index in [2.05, 4.69) is 20.0 Å². The Balaban J connectivity index is 1.81. The van der Waals surface area contributed by atoms with Gasteiger partial charge in [0.1, 0.15) is 17.8 Å². The molecule has 7 nitrogen and oxygen atoms in total. The largest absolute Gasteiger partial charge is 0.465 e. The Hall–Kier alpha value is -3.32. The molecule has 132 valence electrons. The van der Waals surface area contributed by atoms with Crippen LogP contribution in [0.15, 0.2) is 54.9 Å². The summed E-state index contributed by atoms with van der Waals surface area (Å²) in [6.07, 6.45) is 1.33. The van der Waals surface area contributed by atoms with Crippen molar-refractivity contribution >= 4 is 34.8 Å². The summed E-state index contributed by atoms with van der Waals surface area (Å²) in [6, 6.07) is 13.6. The van der Waals surface area contributed by atoms with Gasteiger partial charge in [0.05, 0.1) is 23.4 Å². The highest BCUT2D eigenvalue weighted by molar-refractivity contribution is 6.33. The second kappa shape index (κ2) is 7.71. The third kappa shape index (κ3) is 3.84. The zero-order valence-corrected chi connectivity index (χ0v) is 14.5. The zero-order chi connectivity index (χ0) is 18.5. The summed E-state index contributed by atoms with van der Waals surface area (Å²) >= 11 is 6.13.